The van der Waals surface area contributed by atoms with E-state index in [0.29, 0.717) is 19.1 Å². The number of carbonyl (C=O) groups excluding carboxylic acids is 1. The van der Waals surface area contributed by atoms with Crippen LogP contribution < -0.4 is 5.32 Å². The summed E-state index contributed by atoms with van der Waals surface area (Å²) in [7, 11) is 3.35. The molecule has 122 valence electrons. The summed E-state index contributed by atoms with van der Waals surface area (Å²) in [6, 6.07) is 0. The zero-order chi connectivity index (χ0) is 15.5. The molecule has 0 bridgehead atoms. The number of hydrogen-bond donors (Lipinski definition) is 1. The van der Waals surface area contributed by atoms with Crippen molar-refractivity contribution in [2.45, 2.75) is 63.8 Å². The molecule has 1 amide bonds. The molecule has 0 aromatic rings. The Balaban J connectivity index is 2.11. The molecule has 1 saturated carbocycles. The molecule has 1 spiro atoms. The third-order valence-corrected chi connectivity index (χ3v) is 4.73. The Kier molecular flexibility index (Phi) is 5.63. The molecule has 2 unspecified atom stereocenters. The number of amides is 1. The van der Waals surface area contributed by atoms with Gasteiger partial charge in [-0.05, 0) is 25.2 Å². The minimum Gasteiger partial charge on any atom is -0.382 e. The van der Waals surface area contributed by atoms with Gasteiger partial charge in [-0.1, -0.05) is 26.7 Å². The van der Waals surface area contributed by atoms with Gasteiger partial charge in [0.15, 0.2) is 0 Å². The van der Waals surface area contributed by atoms with Crippen LogP contribution in [0.25, 0.3) is 0 Å². The van der Waals surface area contributed by atoms with E-state index in [-0.39, 0.29) is 23.7 Å². The monoisotopic (exact) mass is 298 g/mol. The maximum absolute atomic E-state index is 12.9. The third kappa shape index (κ3) is 3.58. The molecular weight excluding hydrogens is 268 g/mol. The molecule has 0 aromatic heterocycles. The van der Waals surface area contributed by atoms with Crippen molar-refractivity contribution in [3.8, 4) is 0 Å². The lowest BCUT2D eigenvalue weighted by Gasteiger charge is -2.28. The van der Waals surface area contributed by atoms with Crippen LogP contribution in [0.5, 0.6) is 0 Å². The van der Waals surface area contributed by atoms with Crippen LogP contribution in [-0.2, 0) is 14.3 Å². The van der Waals surface area contributed by atoms with Crippen molar-refractivity contribution >= 4 is 5.91 Å². The molecule has 2 fully saturated rings. The number of carbonyl (C=O) groups is 1. The zero-order valence-electron chi connectivity index (χ0n) is 13.9. The van der Waals surface area contributed by atoms with Crippen LogP contribution in [-0.4, -0.2) is 56.0 Å². The van der Waals surface area contributed by atoms with Crippen molar-refractivity contribution in [1.29, 1.82) is 0 Å². The van der Waals surface area contributed by atoms with Gasteiger partial charge in [0.05, 0.1) is 31.0 Å². The molecule has 1 saturated heterocycles. The van der Waals surface area contributed by atoms with E-state index in [1.165, 1.54) is 0 Å². The molecule has 1 aliphatic carbocycles. The van der Waals surface area contributed by atoms with Crippen molar-refractivity contribution in [2.24, 2.45) is 5.92 Å². The number of ether oxygens (including phenoxy) is 2. The Labute approximate surface area is 128 Å². The summed E-state index contributed by atoms with van der Waals surface area (Å²) in [6.07, 6.45) is 5.28. The maximum atomic E-state index is 12.9. The van der Waals surface area contributed by atoms with E-state index >= 15 is 0 Å². The zero-order valence-corrected chi connectivity index (χ0v) is 13.9. The lowest BCUT2D eigenvalue weighted by Crippen LogP contribution is -2.45. The highest BCUT2D eigenvalue weighted by Gasteiger charge is 2.52. The highest BCUT2D eigenvalue weighted by molar-refractivity contribution is 5.89. The Bertz CT molecular complexity index is 353. The van der Waals surface area contributed by atoms with Crippen molar-refractivity contribution in [2.75, 3.05) is 27.4 Å². The molecule has 21 heavy (non-hydrogen) atoms. The van der Waals surface area contributed by atoms with Crippen molar-refractivity contribution in [1.82, 2.24) is 10.2 Å². The second-order valence-electron chi connectivity index (χ2n) is 6.85. The molecule has 5 heteroatoms. The van der Waals surface area contributed by atoms with Gasteiger partial charge in [-0.25, -0.2) is 0 Å². The fraction of sp³-hybridized carbons (Fsp3) is 0.938. The SMILES string of the molecule is COCC(CN1C(=O)C2(CCCC2)NC1CC(C)C)OC. The molecule has 1 aliphatic heterocycles. The fourth-order valence-electron chi connectivity index (χ4n) is 3.66. The van der Waals surface area contributed by atoms with E-state index < -0.39 is 0 Å². The Hall–Kier alpha value is -0.650. The summed E-state index contributed by atoms with van der Waals surface area (Å²) in [6.45, 7) is 5.52. The van der Waals surface area contributed by atoms with Gasteiger partial charge in [0.25, 0.3) is 0 Å². The number of methoxy groups -OCH3 is 2. The van der Waals surface area contributed by atoms with Gasteiger partial charge in [-0.2, -0.15) is 0 Å². The van der Waals surface area contributed by atoms with Gasteiger partial charge >= 0.3 is 0 Å². The average molecular weight is 298 g/mol. The average Bonchev–Trinajstić information content (AvgIpc) is 2.99. The topological polar surface area (TPSA) is 50.8 Å². The first-order valence-corrected chi connectivity index (χ1v) is 8.13. The smallest absolute Gasteiger partial charge is 0.244 e. The molecule has 5 nitrogen and oxygen atoms in total. The van der Waals surface area contributed by atoms with E-state index in [4.69, 9.17) is 9.47 Å². The summed E-state index contributed by atoms with van der Waals surface area (Å²) in [5.41, 5.74) is -0.301. The van der Waals surface area contributed by atoms with Gasteiger partial charge in [0.2, 0.25) is 5.91 Å². The van der Waals surface area contributed by atoms with E-state index in [1.54, 1.807) is 14.2 Å². The van der Waals surface area contributed by atoms with E-state index in [0.717, 1.165) is 32.1 Å². The highest BCUT2D eigenvalue weighted by atomic mass is 16.5. The number of hydrogen-bond acceptors (Lipinski definition) is 4. The van der Waals surface area contributed by atoms with Crippen LogP contribution >= 0.6 is 0 Å². The Morgan fingerprint density at radius 2 is 2.00 bits per heavy atom. The van der Waals surface area contributed by atoms with Crippen LogP contribution in [0.4, 0.5) is 0 Å². The molecule has 0 radical (unpaired) electrons. The van der Waals surface area contributed by atoms with E-state index in [2.05, 4.69) is 19.2 Å². The molecule has 1 N–H and O–H groups in total. The van der Waals surface area contributed by atoms with Gasteiger partial charge in [0, 0.05) is 14.2 Å². The lowest BCUT2D eigenvalue weighted by atomic mass is 9.98. The predicted octanol–water partition coefficient (Wildman–Crippen LogP) is 1.76. The van der Waals surface area contributed by atoms with Gasteiger partial charge < -0.3 is 14.4 Å². The van der Waals surface area contributed by atoms with Crippen LogP contribution in [0.2, 0.25) is 0 Å². The van der Waals surface area contributed by atoms with Crippen molar-refractivity contribution in [3.63, 3.8) is 0 Å². The maximum Gasteiger partial charge on any atom is 0.244 e. The Morgan fingerprint density at radius 3 is 2.52 bits per heavy atom. The quantitative estimate of drug-likeness (QED) is 0.778. The molecular formula is C16H30N2O3. The second-order valence-corrected chi connectivity index (χ2v) is 6.85. The third-order valence-electron chi connectivity index (χ3n) is 4.73. The van der Waals surface area contributed by atoms with Crippen molar-refractivity contribution in [3.05, 3.63) is 0 Å². The van der Waals surface area contributed by atoms with Crippen LogP contribution in [0, 0.1) is 5.92 Å². The summed E-state index contributed by atoms with van der Waals surface area (Å²) in [4.78, 5) is 14.9. The molecule has 1 heterocycles. The van der Waals surface area contributed by atoms with Crippen LogP contribution in [0.1, 0.15) is 46.0 Å². The minimum absolute atomic E-state index is 0.0630. The first-order valence-electron chi connectivity index (χ1n) is 8.13. The van der Waals surface area contributed by atoms with E-state index in [9.17, 15) is 4.79 Å². The summed E-state index contributed by atoms with van der Waals surface area (Å²) < 4.78 is 10.6. The van der Waals surface area contributed by atoms with Gasteiger partial charge in [-0.3, -0.25) is 10.1 Å². The predicted molar refractivity (Wildman–Crippen MR) is 82.0 cm³/mol. The molecule has 2 atom stereocenters. The second kappa shape index (κ2) is 7.07. The van der Waals surface area contributed by atoms with E-state index in [1.807, 2.05) is 4.90 Å². The van der Waals surface area contributed by atoms with Crippen LogP contribution in [0.15, 0.2) is 0 Å². The minimum atomic E-state index is -0.301. The first-order chi connectivity index (χ1) is 10.0. The highest BCUT2D eigenvalue weighted by Crippen LogP contribution is 2.37. The largest absolute Gasteiger partial charge is 0.382 e. The molecule has 0 aromatic carbocycles. The number of nitrogens with one attached hydrogen (secondary N) is 1. The normalized spacial score (nSPS) is 26.2. The number of rotatable bonds is 7. The lowest BCUT2D eigenvalue weighted by molar-refractivity contribution is -0.135. The van der Waals surface area contributed by atoms with Crippen LogP contribution in [0.3, 0.4) is 0 Å². The standard InChI is InChI=1S/C16H30N2O3/c1-12(2)9-14-17-16(7-5-6-8-16)15(19)18(14)10-13(21-4)11-20-3/h12-14,17H,5-11H2,1-4H3. The summed E-state index contributed by atoms with van der Waals surface area (Å²) in [5, 5.41) is 3.65. The first kappa shape index (κ1) is 16.7. The summed E-state index contributed by atoms with van der Waals surface area (Å²) >= 11 is 0. The molecule has 2 rings (SSSR count). The van der Waals surface area contributed by atoms with Crippen molar-refractivity contribution < 1.29 is 14.3 Å². The van der Waals surface area contributed by atoms with Gasteiger partial charge in [0.1, 0.15) is 0 Å². The molecule has 2 aliphatic rings. The number of nitrogens with zero attached hydrogens (tertiary/aromatic N) is 1. The summed E-state index contributed by atoms with van der Waals surface area (Å²) in [5.74, 6) is 0.821. The van der Waals surface area contributed by atoms with Gasteiger partial charge in [-0.15, -0.1) is 0 Å². The fourth-order valence-corrected chi connectivity index (χ4v) is 3.66. The Morgan fingerprint density at radius 1 is 1.33 bits per heavy atom.